The molecule has 0 aliphatic carbocycles. The molecule has 0 aliphatic rings. The molecule has 0 fully saturated rings. The largest absolute Gasteiger partial charge is 0.493 e. The second-order valence-corrected chi connectivity index (χ2v) is 4.75. The van der Waals surface area contributed by atoms with Crippen LogP contribution in [0.5, 0.6) is 11.5 Å². The van der Waals surface area contributed by atoms with Gasteiger partial charge in [-0.3, -0.25) is 0 Å². The number of hydrogen-bond donors (Lipinski definition) is 2. The Kier molecular flexibility index (Phi) is 5.86. The molecule has 2 N–H and O–H groups in total. The van der Waals surface area contributed by atoms with Crippen LogP contribution in [0, 0.1) is 0 Å². The molecule has 0 spiro atoms. The van der Waals surface area contributed by atoms with Gasteiger partial charge in [-0.05, 0) is 23.8 Å². The van der Waals surface area contributed by atoms with Crippen LogP contribution in [0.15, 0.2) is 55.1 Å². The number of hydrogen-bond acceptors (Lipinski definition) is 4. The van der Waals surface area contributed by atoms with Crippen molar-refractivity contribution >= 4 is 5.69 Å². The van der Waals surface area contributed by atoms with Gasteiger partial charge in [0.15, 0.2) is 11.5 Å². The molecule has 2 aromatic carbocycles. The van der Waals surface area contributed by atoms with Gasteiger partial charge >= 0.3 is 0 Å². The summed E-state index contributed by atoms with van der Waals surface area (Å²) >= 11 is 0. The fourth-order valence-electron chi connectivity index (χ4n) is 2.12. The first-order valence-electron chi connectivity index (χ1n) is 7.11. The molecule has 0 unspecified atom stereocenters. The zero-order chi connectivity index (χ0) is 15.8. The molecule has 4 heteroatoms. The summed E-state index contributed by atoms with van der Waals surface area (Å²) < 4.78 is 10.9. The van der Waals surface area contributed by atoms with Crippen LogP contribution in [0.3, 0.4) is 0 Å². The third kappa shape index (κ3) is 4.02. The van der Waals surface area contributed by atoms with Crippen molar-refractivity contribution in [1.29, 1.82) is 0 Å². The molecule has 0 saturated carbocycles. The van der Waals surface area contributed by atoms with Gasteiger partial charge in [0.1, 0.15) is 6.61 Å². The van der Waals surface area contributed by atoms with Crippen molar-refractivity contribution in [2.24, 2.45) is 0 Å². The molecule has 0 saturated heterocycles. The summed E-state index contributed by atoms with van der Waals surface area (Å²) in [6.07, 6.45) is 1.70. The van der Waals surface area contributed by atoms with Gasteiger partial charge in [0, 0.05) is 17.8 Å². The Morgan fingerprint density at radius 3 is 2.73 bits per heavy atom. The van der Waals surface area contributed by atoms with Gasteiger partial charge in [-0.15, -0.1) is 0 Å². The van der Waals surface area contributed by atoms with E-state index in [0.717, 1.165) is 16.8 Å². The quantitative estimate of drug-likeness (QED) is 0.734. The van der Waals surface area contributed by atoms with Crippen molar-refractivity contribution in [1.82, 2.24) is 0 Å². The predicted octanol–water partition coefficient (Wildman–Crippen LogP) is 3.36. The highest BCUT2D eigenvalue weighted by Crippen LogP contribution is 2.28. The van der Waals surface area contributed by atoms with Gasteiger partial charge in [-0.25, -0.2) is 0 Å². The molecule has 2 aromatic rings. The second-order valence-electron chi connectivity index (χ2n) is 4.75. The summed E-state index contributed by atoms with van der Waals surface area (Å²) in [6.45, 7) is 4.72. The topological polar surface area (TPSA) is 50.7 Å². The fourth-order valence-corrected chi connectivity index (χ4v) is 2.12. The van der Waals surface area contributed by atoms with Crippen molar-refractivity contribution < 1.29 is 14.6 Å². The summed E-state index contributed by atoms with van der Waals surface area (Å²) in [5.74, 6) is 1.39. The van der Waals surface area contributed by atoms with Crippen molar-refractivity contribution in [2.45, 2.75) is 13.2 Å². The van der Waals surface area contributed by atoms with E-state index in [9.17, 15) is 5.11 Å². The van der Waals surface area contributed by atoms with Gasteiger partial charge in [-0.2, -0.15) is 0 Å². The van der Waals surface area contributed by atoms with E-state index in [0.29, 0.717) is 24.7 Å². The van der Waals surface area contributed by atoms with Crippen LogP contribution in [0.4, 0.5) is 5.69 Å². The van der Waals surface area contributed by atoms with E-state index in [2.05, 4.69) is 11.9 Å². The number of benzene rings is 2. The first-order chi connectivity index (χ1) is 10.8. The summed E-state index contributed by atoms with van der Waals surface area (Å²) in [5.41, 5.74) is 2.87. The van der Waals surface area contributed by atoms with Crippen LogP contribution in [0.25, 0.3) is 0 Å². The highest BCUT2D eigenvalue weighted by atomic mass is 16.5. The second kappa shape index (κ2) is 8.10. The number of para-hydroxylation sites is 1. The summed E-state index contributed by atoms with van der Waals surface area (Å²) in [5, 5.41) is 12.7. The molecule has 116 valence electrons. The van der Waals surface area contributed by atoms with Crippen molar-refractivity contribution in [3.05, 3.63) is 66.2 Å². The summed E-state index contributed by atoms with van der Waals surface area (Å²) in [7, 11) is 1.62. The minimum atomic E-state index is 0.0147. The van der Waals surface area contributed by atoms with E-state index in [4.69, 9.17) is 9.47 Å². The van der Waals surface area contributed by atoms with Crippen molar-refractivity contribution in [2.75, 3.05) is 19.0 Å². The van der Waals surface area contributed by atoms with Gasteiger partial charge < -0.3 is 19.9 Å². The van der Waals surface area contributed by atoms with Gasteiger partial charge in [0.05, 0.1) is 13.7 Å². The zero-order valence-corrected chi connectivity index (χ0v) is 12.7. The molecule has 0 bridgehead atoms. The maximum Gasteiger partial charge on any atom is 0.161 e. The van der Waals surface area contributed by atoms with Gasteiger partial charge in [0.2, 0.25) is 0 Å². The Bertz CT molecular complexity index is 625. The third-order valence-electron chi connectivity index (χ3n) is 3.26. The number of ether oxygens (including phenoxy) is 2. The molecule has 4 nitrogen and oxygen atoms in total. The predicted molar refractivity (Wildman–Crippen MR) is 88.4 cm³/mol. The third-order valence-corrected chi connectivity index (χ3v) is 3.26. The fraction of sp³-hybridized carbons (Fsp3) is 0.222. The Morgan fingerprint density at radius 1 is 1.18 bits per heavy atom. The first-order valence-corrected chi connectivity index (χ1v) is 7.11. The maximum absolute atomic E-state index is 9.33. The van der Waals surface area contributed by atoms with Crippen LogP contribution in [0.2, 0.25) is 0 Å². The van der Waals surface area contributed by atoms with Crippen LogP contribution in [-0.2, 0) is 13.2 Å². The Balaban J connectivity index is 2.08. The average molecular weight is 299 g/mol. The SMILES string of the molecule is C=CCOc1ccc(CNc2ccccc2CO)cc1OC. The minimum absolute atomic E-state index is 0.0147. The van der Waals surface area contributed by atoms with Crippen molar-refractivity contribution in [3.63, 3.8) is 0 Å². The van der Waals surface area contributed by atoms with Crippen LogP contribution in [-0.4, -0.2) is 18.8 Å². The molecule has 2 rings (SSSR count). The number of nitrogens with one attached hydrogen (secondary N) is 1. The lowest BCUT2D eigenvalue weighted by Gasteiger charge is -2.13. The molecule has 0 heterocycles. The number of aliphatic hydroxyl groups excluding tert-OH is 1. The van der Waals surface area contributed by atoms with E-state index < -0.39 is 0 Å². The molecule has 0 aliphatic heterocycles. The molecule has 0 aromatic heterocycles. The Hall–Kier alpha value is -2.46. The van der Waals surface area contributed by atoms with Crippen LogP contribution < -0.4 is 14.8 Å². The Labute approximate surface area is 131 Å². The van der Waals surface area contributed by atoms with E-state index >= 15 is 0 Å². The first kappa shape index (κ1) is 15.9. The lowest BCUT2D eigenvalue weighted by Crippen LogP contribution is -2.03. The Morgan fingerprint density at radius 2 is 2.00 bits per heavy atom. The molecular formula is C18H21NO3. The van der Waals surface area contributed by atoms with E-state index in [1.165, 1.54) is 0 Å². The molecular weight excluding hydrogens is 278 g/mol. The molecule has 22 heavy (non-hydrogen) atoms. The number of aliphatic hydroxyl groups is 1. The van der Waals surface area contributed by atoms with Crippen LogP contribution in [0.1, 0.15) is 11.1 Å². The number of anilines is 1. The van der Waals surface area contributed by atoms with E-state index in [-0.39, 0.29) is 6.61 Å². The molecule has 0 radical (unpaired) electrons. The van der Waals surface area contributed by atoms with Gasteiger partial charge in [-0.1, -0.05) is 36.9 Å². The maximum atomic E-state index is 9.33. The highest BCUT2D eigenvalue weighted by Gasteiger charge is 2.06. The highest BCUT2D eigenvalue weighted by molar-refractivity contribution is 5.52. The summed E-state index contributed by atoms with van der Waals surface area (Å²) in [4.78, 5) is 0. The van der Waals surface area contributed by atoms with E-state index in [1.54, 1.807) is 13.2 Å². The lowest BCUT2D eigenvalue weighted by molar-refractivity contribution is 0.282. The summed E-state index contributed by atoms with van der Waals surface area (Å²) in [6, 6.07) is 13.5. The minimum Gasteiger partial charge on any atom is -0.493 e. The standard InChI is InChI=1S/C18H21NO3/c1-3-10-22-17-9-8-14(11-18(17)21-2)12-19-16-7-5-4-6-15(16)13-20/h3-9,11,19-20H,1,10,12-13H2,2H3. The van der Waals surface area contributed by atoms with Gasteiger partial charge in [0.25, 0.3) is 0 Å². The smallest absolute Gasteiger partial charge is 0.161 e. The monoisotopic (exact) mass is 299 g/mol. The molecule has 0 atom stereocenters. The zero-order valence-electron chi connectivity index (χ0n) is 12.7. The van der Waals surface area contributed by atoms with Crippen LogP contribution >= 0.6 is 0 Å². The number of methoxy groups -OCH3 is 1. The number of rotatable bonds is 8. The average Bonchev–Trinajstić information content (AvgIpc) is 2.58. The molecule has 0 amide bonds. The normalized spacial score (nSPS) is 10.1. The lowest BCUT2D eigenvalue weighted by atomic mass is 10.1. The van der Waals surface area contributed by atoms with Crippen molar-refractivity contribution in [3.8, 4) is 11.5 Å². The van der Waals surface area contributed by atoms with E-state index in [1.807, 2.05) is 42.5 Å².